The quantitative estimate of drug-likeness (QED) is 0.286. The van der Waals surface area contributed by atoms with Crippen LogP contribution in [-0.4, -0.2) is 39.4 Å². The molecule has 0 radical (unpaired) electrons. The molecular weight excluding hydrogens is 406 g/mol. The Morgan fingerprint density at radius 1 is 0.875 bits per heavy atom. The van der Waals surface area contributed by atoms with Crippen LogP contribution >= 0.6 is 0 Å². The summed E-state index contributed by atoms with van der Waals surface area (Å²) in [7, 11) is 3.22. The first-order valence-electron chi connectivity index (χ1n) is 10.3. The normalized spacial score (nSPS) is 10.5. The van der Waals surface area contributed by atoms with E-state index in [1.807, 2.05) is 62.4 Å². The summed E-state index contributed by atoms with van der Waals surface area (Å²) in [6.07, 6.45) is 1.67. The van der Waals surface area contributed by atoms with Gasteiger partial charge in [-0.1, -0.05) is 32.0 Å². The van der Waals surface area contributed by atoms with Crippen molar-refractivity contribution in [2.24, 2.45) is 0 Å². The summed E-state index contributed by atoms with van der Waals surface area (Å²) in [6.45, 7) is 4.00. The average Bonchev–Trinajstić information content (AvgIpc) is 3.47. The predicted molar refractivity (Wildman–Crippen MR) is 127 cm³/mol. The summed E-state index contributed by atoms with van der Waals surface area (Å²) in [5.41, 5.74) is 2.43. The highest BCUT2D eigenvalue weighted by Gasteiger charge is 2.17. The largest absolute Gasteiger partial charge is 0.493 e. The van der Waals surface area contributed by atoms with Crippen LogP contribution in [0.2, 0.25) is 0 Å². The number of para-hydroxylation sites is 1. The third-order valence-electron chi connectivity index (χ3n) is 4.74. The van der Waals surface area contributed by atoms with Crippen LogP contribution in [0.4, 0.5) is 23.3 Å². The zero-order valence-electron chi connectivity index (χ0n) is 18.4. The van der Waals surface area contributed by atoms with Crippen molar-refractivity contribution in [3.05, 3.63) is 54.7 Å². The lowest BCUT2D eigenvalue weighted by Crippen LogP contribution is -2.02. The van der Waals surface area contributed by atoms with Crippen molar-refractivity contribution in [2.45, 2.75) is 13.8 Å². The van der Waals surface area contributed by atoms with Gasteiger partial charge in [0.05, 0.1) is 31.3 Å². The molecular formula is C23H25N7O2. The van der Waals surface area contributed by atoms with E-state index < -0.39 is 0 Å². The maximum atomic E-state index is 5.48. The molecule has 9 heteroatoms. The standard InChI is InChI=1S/C21H19N7O2.C2H6/c1-29-15-10-13-14(11-16(15)30-2)24-19-18(13)20(25-17-8-9-22-28-17)27-21(26-19)23-12-6-4-3-5-7-12;1-2/h3-11H,1-2H3,(H4,22,23,24,25,26,27,28);1-2H3. The van der Waals surface area contributed by atoms with Gasteiger partial charge in [-0.2, -0.15) is 15.1 Å². The summed E-state index contributed by atoms with van der Waals surface area (Å²) in [4.78, 5) is 12.8. The number of aromatic amines is 2. The van der Waals surface area contributed by atoms with Gasteiger partial charge >= 0.3 is 0 Å². The van der Waals surface area contributed by atoms with E-state index in [0.29, 0.717) is 28.9 Å². The first kappa shape index (κ1) is 21.0. The van der Waals surface area contributed by atoms with E-state index in [4.69, 9.17) is 14.5 Å². The Balaban J connectivity index is 0.00000119. The first-order valence-corrected chi connectivity index (χ1v) is 10.3. The molecule has 2 aromatic carbocycles. The molecule has 0 aliphatic carbocycles. The van der Waals surface area contributed by atoms with Crippen LogP contribution in [0.3, 0.4) is 0 Å². The summed E-state index contributed by atoms with van der Waals surface area (Å²) in [5.74, 6) is 3.07. The molecule has 0 fully saturated rings. The van der Waals surface area contributed by atoms with Crippen molar-refractivity contribution in [1.29, 1.82) is 0 Å². The van der Waals surface area contributed by atoms with E-state index in [2.05, 4.69) is 30.8 Å². The SMILES string of the molecule is CC.COc1cc2[nH]c3nc(Nc4ccccc4)nc(Nc4ccn[nH]4)c3c2cc1OC. The molecule has 9 nitrogen and oxygen atoms in total. The number of anilines is 4. The highest BCUT2D eigenvalue weighted by atomic mass is 16.5. The monoisotopic (exact) mass is 431 g/mol. The van der Waals surface area contributed by atoms with Crippen LogP contribution in [-0.2, 0) is 0 Å². The molecule has 0 amide bonds. The number of nitrogens with zero attached hydrogens (tertiary/aromatic N) is 3. The number of methoxy groups -OCH3 is 2. The van der Waals surface area contributed by atoms with E-state index in [0.717, 1.165) is 27.8 Å². The first-order chi connectivity index (χ1) is 15.7. The number of nitrogens with one attached hydrogen (secondary N) is 4. The number of H-pyrrole nitrogens is 2. The van der Waals surface area contributed by atoms with Gasteiger partial charge in [0.1, 0.15) is 17.3 Å². The summed E-state index contributed by atoms with van der Waals surface area (Å²) >= 11 is 0. The minimum Gasteiger partial charge on any atom is -0.493 e. The molecule has 0 atom stereocenters. The number of hydrogen-bond donors (Lipinski definition) is 4. The van der Waals surface area contributed by atoms with Crippen LogP contribution in [0, 0.1) is 0 Å². The number of hydrogen-bond acceptors (Lipinski definition) is 7. The van der Waals surface area contributed by atoms with Crippen molar-refractivity contribution in [3.63, 3.8) is 0 Å². The van der Waals surface area contributed by atoms with Crippen molar-refractivity contribution in [1.82, 2.24) is 25.1 Å². The second-order valence-corrected chi connectivity index (χ2v) is 6.58. The van der Waals surface area contributed by atoms with Crippen molar-refractivity contribution in [3.8, 4) is 11.5 Å². The smallest absolute Gasteiger partial charge is 0.231 e. The van der Waals surface area contributed by atoms with Crippen LogP contribution in [0.5, 0.6) is 11.5 Å². The number of fused-ring (bicyclic) bond motifs is 3. The molecule has 0 unspecified atom stereocenters. The molecule has 3 heterocycles. The molecule has 0 bridgehead atoms. The molecule has 0 aliphatic heterocycles. The van der Waals surface area contributed by atoms with E-state index in [9.17, 15) is 0 Å². The predicted octanol–water partition coefficient (Wildman–Crippen LogP) is 5.36. The Hall–Kier alpha value is -4.27. The summed E-state index contributed by atoms with van der Waals surface area (Å²) in [6, 6.07) is 15.4. The van der Waals surface area contributed by atoms with Gasteiger partial charge < -0.3 is 25.1 Å². The third kappa shape index (κ3) is 4.00. The minimum absolute atomic E-state index is 0.459. The van der Waals surface area contributed by atoms with Gasteiger partial charge in [-0.15, -0.1) is 0 Å². The third-order valence-corrected chi connectivity index (χ3v) is 4.74. The van der Waals surface area contributed by atoms with Crippen molar-refractivity contribution in [2.75, 3.05) is 24.9 Å². The highest BCUT2D eigenvalue weighted by Crippen LogP contribution is 2.38. The lowest BCUT2D eigenvalue weighted by molar-refractivity contribution is 0.356. The van der Waals surface area contributed by atoms with Gasteiger partial charge in [-0.25, -0.2) is 0 Å². The molecule has 0 saturated heterocycles. The average molecular weight is 432 g/mol. The number of benzene rings is 2. The molecule has 4 N–H and O–H groups in total. The molecule has 0 spiro atoms. The van der Waals surface area contributed by atoms with E-state index in [1.54, 1.807) is 20.4 Å². The topological polar surface area (TPSA) is 113 Å². The van der Waals surface area contributed by atoms with E-state index in [-0.39, 0.29) is 0 Å². The van der Waals surface area contributed by atoms with Crippen LogP contribution < -0.4 is 20.1 Å². The molecule has 32 heavy (non-hydrogen) atoms. The van der Waals surface area contributed by atoms with E-state index >= 15 is 0 Å². The molecule has 164 valence electrons. The minimum atomic E-state index is 0.459. The molecule has 0 saturated carbocycles. The lowest BCUT2D eigenvalue weighted by atomic mass is 10.2. The Morgan fingerprint density at radius 2 is 1.62 bits per heavy atom. The fourth-order valence-corrected chi connectivity index (χ4v) is 3.37. The molecule has 0 aliphatic rings. The fraction of sp³-hybridized carbons (Fsp3) is 0.174. The zero-order chi connectivity index (χ0) is 22.5. The second-order valence-electron chi connectivity index (χ2n) is 6.58. The van der Waals surface area contributed by atoms with Gasteiger partial charge in [-0.05, 0) is 18.2 Å². The Labute approximate surface area is 185 Å². The number of rotatable bonds is 6. The van der Waals surface area contributed by atoms with Gasteiger partial charge in [0.15, 0.2) is 11.5 Å². The molecule has 3 aromatic heterocycles. The van der Waals surface area contributed by atoms with Crippen LogP contribution in [0.15, 0.2) is 54.7 Å². The lowest BCUT2D eigenvalue weighted by Gasteiger charge is -2.10. The van der Waals surface area contributed by atoms with Gasteiger partial charge in [0, 0.05) is 23.2 Å². The summed E-state index contributed by atoms with van der Waals surface area (Å²) < 4.78 is 10.9. The Morgan fingerprint density at radius 3 is 2.31 bits per heavy atom. The van der Waals surface area contributed by atoms with Crippen molar-refractivity contribution < 1.29 is 9.47 Å². The Bertz CT molecular complexity index is 1320. The maximum Gasteiger partial charge on any atom is 0.231 e. The zero-order valence-corrected chi connectivity index (χ0v) is 18.4. The van der Waals surface area contributed by atoms with Gasteiger partial charge in [0.25, 0.3) is 0 Å². The highest BCUT2D eigenvalue weighted by molar-refractivity contribution is 6.12. The second kappa shape index (κ2) is 9.25. The van der Waals surface area contributed by atoms with E-state index in [1.165, 1.54) is 0 Å². The Kier molecular flexibility index (Phi) is 6.07. The molecule has 5 aromatic rings. The maximum absolute atomic E-state index is 5.48. The van der Waals surface area contributed by atoms with Crippen LogP contribution in [0.1, 0.15) is 13.8 Å². The van der Waals surface area contributed by atoms with Gasteiger partial charge in [-0.3, -0.25) is 5.10 Å². The van der Waals surface area contributed by atoms with Gasteiger partial charge in [0.2, 0.25) is 5.95 Å². The number of ether oxygens (including phenoxy) is 2. The summed E-state index contributed by atoms with van der Waals surface area (Å²) in [5, 5.41) is 15.2. The molecule has 5 rings (SSSR count). The van der Waals surface area contributed by atoms with Crippen molar-refractivity contribution >= 4 is 45.2 Å². The number of aromatic nitrogens is 5. The fourth-order valence-electron chi connectivity index (χ4n) is 3.37. The van der Waals surface area contributed by atoms with Crippen LogP contribution in [0.25, 0.3) is 21.9 Å².